The number of hydrogen-bond acceptors (Lipinski definition) is 16. The molecule has 7 aromatic rings. The van der Waals surface area contributed by atoms with E-state index in [9.17, 15) is 33.6 Å². The molecule has 7 aromatic carbocycles. The molecule has 0 amide bonds. The molecule has 0 heterocycles. The van der Waals surface area contributed by atoms with Gasteiger partial charge in [0.1, 0.15) is 11.5 Å². The predicted molar refractivity (Wildman–Crippen MR) is 435 cm³/mol. The number of carbonyl (C=O) groups is 7. The van der Waals surface area contributed by atoms with Crippen molar-refractivity contribution in [2.45, 2.75) is 150 Å². The zero-order valence-corrected chi connectivity index (χ0v) is 67.4. The van der Waals surface area contributed by atoms with Gasteiger partial charge in [-0.25, -0.2) is 0 Å². The molecule has 0 saturated carbocycles. The van der Waals surface area contributed by atoms with Gasteiger partial charge in [0.25, 0.3) is 0 Å². The van der Waals surface area contributed by atoms with Gasteiger partial charge < -0.3 is 45.2 Å². The third-order valence-corrected chi connectivity index (χ3v) is 22.3. The van der Waals surface area contributed by atoms with Gasteiger partial charge in [-0.05, 0) is 196 Å². The van der Waals surface area contributed by atoms with Crippen molar-refractivity contribution in [3.05, 3.63) is 195 Å². The van der Waals surface area contributed by atoms with Gasteiger partial charge in [0.15, 0.2) is 0 Å². The highest BCUT2D eigenvalue weighted by Gasteiger charge is 2.07. The van der Waals surface area contributed by atoms with Crippen LogP contribution in [-0.4, -0.2) is 132 Å². The van der Waals surface area contributed by atoms with Gasteiger partial charge in [-0.2, -0.15) is 0 Å². The number of methoxy groups -OCH3 is 2. The fourth-order valence-corrected chi connectivity index (χ4v) is 15.3. The normalized spacial score (nSPS) is 10.1. The van der Waals surface area contributed by atoms with Crippen molar-refractivity contribution in [2.75, 3.05) is 54.5 Å². The maximum absolute atomic E-state index is 10.3. The van der Waals surface area contributed by atoms with E-state index in [0.29, 0.717) is 22.9 Å². The summed E-state index contributed by atoms with van der Waals surface area (Å²) in [6.45, 7) is 0. The highest BCUT2D eigenvalue weighted by Crippen LogP contribution is 2.31. The molecule has 0 atom stereocenters. The molecule has 0 bridgehead atoms. The average molecular weight is 1660 g/mol. The Labute approximate surface area is 666 Å². The van der Waals surface area contributed by atoms with Crippen LogP contribution in [0.25, 0.3) is 0 Å². The molecule has 0 aliphatic heterocycles. The first-order valence-electron chi connectivity index (χ1n) is 32.9. The average Bonchev–Trinajstić information content (AvgIpc) is 0.988. The monoisotopic (exact) mass is 1660 g/mol. The zero-order chi connectivity index (χ0) is 77.0. The second kappa shape index (κ2) is 63.4. The number of aliphatic carboxylic acids is 7. The number of thioether (sulfide) groups is 7. The van der Waals surface area contributed by atoms with E-state index >= 15 is 0 Å². The van der Waals surface area contributed by atoms with Gasteiger partial charge >= 0.3 is 41.8 Å². The molecule has 28 heteroatoms. The predicted octanol–water partition coefficient (Wildman–Crippen LogP) is 23.3. The second-order valence-corrected chi connectivity index (χ2v) is 31.4. The lowest BCUT2D eigenvalue weighted by atomic mass is 10.1. The number of hydrogen-bond donors (Lipinski definition) is 7. The van der Waals surface area contributed by atoms with Crippen molar-refractivity contribution in [3.63, 3.8) is 0 Å². The molecule has 0 fully saturated rings. The maximum Gasteiger partial charge on any atom is 0.313 e. The molecule has 16 nitrogen and oxygen atoms in total. The molecular weight excluding hydrogens is 1570 g/mol. The minimum absolute atomic E-state index is 0.0454. The lowest BCUT2D eigenvalue weighted by Gasteiger charge is -2.04. The zero-order valence-electron chi connectivity index (χ0n) is 57.9. The first-order valence-corrected chi connectivity index (χ1v) is 41.6. The van der Waals surface area contributed by atoms with Gasteiger partial charge in [-0.15, -0.1) is 82.3 Å². The van der Waals surface area contributed by atoms with Crippen LogP contribution in [0, 0.1) is 0 Å². The minimum Gasteiger partial charge on any atom is -0.497 e. The Morgan fingerprint density at radius 3 is 0.904 bits per heavy atom. The van der Waals surface area contributed by atoms with E-state index in [2.05, 4.69) is 12.1 Å². The van der Waals surface area contributed by atoms with Crippen LogP contribution in [0.5, 0.6) is 11.5 Å². The summed E-state index contributed by atoms with van der Waals surface area (Å²) in [5, 5.41) is 62.6. The molecule has 0 saturated heterocycles. The number of unbranched alkanes of at least 4 members (excludes halogenated alkanes) is 8. The summed E-state index contributed by atoms with van der Waals surface area (Å²) in [4.78, 5) is 79.2. The molecule has 0 aliphatic rings. The third kappa shape index (κ3) is 56.6. The molecule has 104 heavy (non-hydrogen) atoms. The number of halogens is 5. The topological polar surface area (TPSA) is 280 Å². The smallest absolute Gasteiger partial charge is 0.313 e. The summed E-state index contributed by atoms with van der Waals surface area (Å²) in [6, 6.07) is 53.3. The molecule has 7 rings (SSSR count). The first-order chi connectivity index (χ1) is 49.9. The molecule has 0 aromatic heterocycles. The Kier molecular flexibility index (Phi) is 58.8. The van der Waals surface area contributed by atoms with Crippen LogP contribution in [0.15, 0.2) is 204 Å². The van der Waals surface area contributed by atoms with Gasteiger partial charge in [-0.1, -0.05) is 144 Å². The van der Waals surface area contributed by atoms with Crippen LogP contribution in [0.3, 0.4) is 0 Å². The standard InChI is InChI=1S/C15H22O3S.C12H15ClO2S.2C11H13ClO2S.C11H14O3S.2C8H7ClO2S/c1-18-13-8-7-9-14(12-13)19-11-6-4-2-3-5-10-15(16)17;13-10-6-3-4-7-11(10)16-9-5-1-2-8-12(14)15;12-9-4-3-5-10(8-9)15-7-2-1-6-11(13)14;12-9-5-1-2-6-10(9)15-8-4-3-7-11(13)14;1-14-9-4-2-5-10(8-9)15-7-3-6-11(12)13;9-6-2-1-3-7(4-6)12-5-8(10)11;9-6-3-1-2-4-7(6)12-5-8(10)11/h7-9,12H,2-6,10-11H2,1H3,(H,16,17);3-4,6-7H,1-2,5,8-9H2,(H,14,15);3-5,8H,1-2,6-7H2,(H,13,14);1-2,5-6H,3-4,7-8H2,(H,13,14);2,4-5,8H,3,6-7H2,1H3,(H,12,13);2*1-4H,5H2,(H,10,11). The van der Waals surface area contributed by atoms with E-state index < -0.39 is 41.8 Å². The molecule has 0 unspecified atom stereocenters. The number of rotatable bonds is 41. The van der Waals surface area contributed by atoms with Crippen molar-refractivity contribution < 1.29 is 78.8 Å². The van der Waals surface area contributed by atoms with Crippen LogP contribution in [0.1, 0.15) is 116 Å². The lowest BCUT2D eigenvalue weighted by Crippen LogP contribution is -1.97. The molecule has 0 spiro atoms. The molecule has 568 valence electrons. The quantitative estimate of drug-likeness (QED) is 0.0138. The first kappa shape index (κ1) is 96.3. The SMILES string of the molecule is COc1cccc(SCCCC(=O)O)c1.COc1cccc(SCCCCCCCC(=O)O)c1.O=C(O)CCCCCSc1ccccc1Cl.O=C(O)CCCCSc1cccc(Cl)c1.O=C(O)CCCCSc1ccccc1Cl.O=C(O)CSc1cccc(Cl)c1.O=C(O)CSc1ccccc1Cl. The minimum atomic E-state index is -0.833. The van der Waals surface area contributed by atoms with Crippen LogP contribution in [0.4, 0.5) is 0 Å². The van der Waals surface area contributed by atoms with Gasteiger partial charge in [-0.3, -0.25) is 33.6 Å². The fraction of sp³-hybridized carbons (Fsp3) is 0.355. The summed E-state index contributed by atoms with van der Waals surface area (Å²) < 4.78 is 10.3. The van der Waals surface area contributed by atoms with E-state index in [1.807, 2.05) is 139 Å². The van der Waals surface area contributed by atoms with Crippen LogP contribution in [-0.2, 0) is 33.6 Å². The Morgan fingerprint density at radius 2 is 0.548 bits per heavy atom. The van der Waals surface area contributed by atoms with Crippen molar-refractivity contribution in [2.24, 2.45) is 0 Å². The van der Waals surface area contributed by atoms with Crippen molar-refractivity contribution in [3.8, 4) is 11.5 Å². The van der Waals surface area contributed by atoms with Crippen molar-refractivity contribution in [1.82, 2.24) is 0 Å². The Hall–Kier alpha value is -5.67. The molecule has 0 radical (unpaired) electrons. The Balaban J connectivity index is 0.000000609. The largest absolute Gasteiger partial charge is 0.497 e. The summed E-state index contributed by atoms with van der Waals surface area (Å²) in [6.07, 6.45) is 13.4. The van der Waals surface area contributed by atoms with Gasteiger partial charge in [0.05, 0.1) is 40.8 Å². The number of benzene rings is 7. The van der Waals surface area contributed by atoms with Crippen molar-refractivity contribution >= 4 is 182 Å². The van der Waals surface area contributed by atoms with E-state index in [0.717, 1.165) is 149 Å². The van der Waals surface area contributed by atoms with E-state index in [-0.39, 0.29) is 37.2 Å². The molecular formula is C76H91Cl5O16S7. The number of ether oxygens (including phenoxy) is 2. The van der Waals surface area contributed by atoms with Crippen LogP contribution < -0.4 is 9.47 Å². The van der Waals surface area contributed by atoms with Crippen molar-refractivity contribution in [1.29, 1.82) is 0 Å². The molecule has 0 aliphatic carbocycles. The Bertz CT molecular complexity index is 3560. The van der Waals surface area contributed by atoms with E-state index in [1.54, 1.807) is 91.6 Å². The Morgan fingerprint density at radius 1 is 0.279 bits per heavy atom. The maximum atomic E-state index is 10.3. The third-order valence-electron chi connectivity index (χ3n) is 12.9. The van der Waals surface area contributed by atoms with E-state index in [4.69, 9.17) is 103 Å². The van der Waals surface area contributed by atoms with Gasteiger partial charge in [0.2, 0.25) is 0 Å². The summed E-state index contributed by atoms with van der Waals surface area (Å²) in [5.74, 6) is 1.38. The second-order valence-electron chi connectivity index (χ2n) is 21.5. The van der Waals surface area contributed by atoms with E-state index in [1.165, 1.54) is 41.3 Å². The number of carboxylic acids is 7. The van der Waals surface area contributed by atoms with Gasteiger partial charge in [0, 0.05) is 76.4 Å². The summed E-state index contributed by atoms with van der Waals surface area (Å²) in [5.41, 5.74) is 0. The summed E-state index contributed by atoms with van der Waals surface area (Å²) >= 11 is 40.4. The van der Waals surface area contributed by atoms with Crippen LogP contribution in [0.2, 0.25) is 25.1 Å². The highest BCUT2D eigenvalue weighted by atomic mass is 35.5. The molecule has 7 N–H and O–H groups in total. The van der Waals surface area contributed by atoms with Crippen LogP contribution >= 0.6 is 140 Å². The lowest BCUT2D eigenvalue weighted by molar-refractivity contribution is -0.138. The highest BCUT2D eigenvalue weighted by molar-refractivity contribution is 8.01. The fourth-order valence-electron chi connectivity index (χ4n) is 7.84. The summed E-state index contributed by atoms with van der Waals surface area (Å²) in [7, 11) is 3.31. The number of carboxylic acid groups (broad SMARTS) is 7.